The fourth-order valence-corrected chi connectivity index (χ4v) is 3.56. The van der Waals surface area contributed by atoms with E-state index in [-0.39, 0.29) is 17.4 Å². The van der Waals surface area contributed by atoms with Crippen LogP contribution in [0.4, 0.5) is 4.39 Å². The van der Waals surface area contributed by atoms with E-state index >= 15 is 0 Å². The van der Waals surface area contributed by atoms with E-state index in [0.29, 0.717) is 0 Å². The lowest BCUT2D eigenvalue weighted by Crippen LogP contribution is -2.54. The molecule has 0 aromatic heterocycles. The highest BCUT2D eigenvalue weighted by Crippen LogP contribution is 2.33. The maximum Gasteiger partial charge on any atom is 0.123 e. The molecule has 1 aliphatic rings. The lowest BCUT2D eigenvalue weighted by Gasteiger charge is -2.46. The number of rotatable bonds is 5. The Bertz CT molecular complexity index is 444. The predicted octanol–water partition coefficient (Wildman–Crippen LogP) is 4.05. The summed E-state index contributed by atoms with van der Waals surface area (Å²) in [5, 5.41) is 3.58. The van der Waals surface area contributed by atoms with Crippen molar-refractivity contribution in [1.82, 2.24) is 10.2 Å². The van der Waals surface area contributed by atoms with E-state index in [9.17, 15) is 4.39 Å². The molecule has 1 fully saturated rings. The first kappa shape index (κ1) is 16.4. The van der Waals surface area contributed by atoms with Gasteiger partial charge < -0.3 is 5.32 Å². The van der Waals surface area contributed by atoms with Crippen LogP contribution in [0.3, 0.4) is 0 Å². The van der Waals surface area contributed by atoms with Crippen LogP contribution >= 0.6 is 0 Å². The van der Waals surface area contributed by atoms with Gasteiger partial charge in [-0.3, -0.25) is 4.90 Å². The second kappa shape index (κ2) is 6.89. The minimum atomic E-state index is -0.137. The second-order valence-corrected chi connectivity index (χ2v) is 6.75. The van der Waals surface area contributed by atoms with Crippen molar-refractivity contribution in [1.29, 1.82) is 0 Å². The van der Waals surface area contributed by atoms with Crippen molar-refractivity contribution in [3.05, 3.63) is 35.1 Å². The van der Waals surface area contributed by atoms with E-state index in [2.05, 4.69) is 37.1 Å². The van der Waals surface area contributed by atoms with Gasteiger partial charge in [0.15, 0.2) is 0 Å². The number of piperidine rings is 1. The Morgan fingerprint density at radius 2 is 1.86 bits per heavy atom. The zero-order valence-corrected chi connectivity index (χ0v) is 13.9. The van der Waals surface area contributed by atoms with E-state index in [0.717, 1.165) is 30.8 Å². The SMILES string of the molecule is CCNC(c1cc(C)cc(F)c1)C(C)(C)N1CCCCC1. The zero-order chi connectivity index (χ0) is 15.5. The molecule has 0 saturated carbocycles. The number of likely N-dealkylation sites (tertiary alicyclic amines) is 1. The summed E-state index contributed by atoms with van der Waals surface area (Å²) in [6.07, 6.45) is 3.87. The van der Waals surface area contributed by atoms with Crippen LogP contribution in [0.2, 0.25) is 0 Å². The molecule has 2 rings (SSSR count). The monoisotopic (exact) mass is 292 g/mol. The fraction of sp³-hybridized carbons (Fsp3) is 0.667. The summed E-state index contributed by atoms with van der Waals surface area (Å²) in [6, 6.07) is 5.55. The molecule has 1 aromatic rings. The van der Waals surface area contributed by atoms with Gasteiger partial charge in [-0.1, -0.05) is 19.4 Å². The molecule has 1 unspecified atom stereocenters. The second-order valence-electron chi connectivity index (χ2n) is 6.75. The lowest BCUT2D eigenvalue weighted by molar-refractivity contribution is 0.0612. The summed E-state index contributed by atoms with van der Waals surface area (Å²) in [5.41, 5.74) is 2.03. The molecule has 0 radical (unpaired) electrons. The highest BCUT2D eigenvalue weighted by Gasteiger charge is 2.36. The minimum absolute atomic E-state index is 0.0172. The number of aryl methyl sites for hydroxylation is 1. The fourth-order valence-electron chi connectivity index (χ4n) is 3.56. The Hall–Kier alpha value is -0.930. The van der Waals surface area contributed by atoms with Gasteiger partial charge in [-0.2, -0.15) is 0 Å². The summed E-state index contributed by atoms with van der Waals surface area (Å²) < 4.78 is 13.8. The lowest BCUT2D eigenvalue weighted by atomic mass is 9.85. The van der Waals surface area contributed by atoms with E-state index in [1.165, 1.54) is 19.3 Å². The van der Waals surface area contributed by atoms with Crippen LogP contribution in [0, 0.1) is 12.7 Å². The Balaban J connectivity index is 2.31. The molecule has 0 bridgehead atoms. The van der Waals surface area contributed by atoms with Crippen molar-refractivity contribution < 1.29 is 4.39 Å². The van der Waals surface area contributed by atoms with Gasteiger partial charge in [-0.15, -0.1) is 0 Å². The highest BCUT2D eigenvalue weighted by atomic mass is 19.1. The average molecular weight is 292 g/mol. The van der Waals surface area contributed by atoms with Crippen LogP contribution in [0.25, 0.3) is 0 Å². The number of nitrogens with one attached hydrogen (secondary N) is 1. The molecule has 3 heteroatoms. The quantitative estimate of drug-likeness (QED) is 0.881. The van der Waals surface area contributed by atoms with Gasteiger partial charge >= 0.3 is 0 Å². The van der Waals surface area contributed by atoms with Gasteiger partial charge in [0.2, 0.25) is 0 Å². The first-order valence-electron chi connectivity index (χ1n) is 8.20. The van der Waals surface area contributed by atoms with Gasteiger partial charge in [-0.25, -0.2) is 4.39 Å². The molecule has 21 heavy (non-hydrogen) atoms. The molecule has 1 heterocycles. The van der Waals surface area contributed by atoms with Crippen molar-refractivity contribution >= 4 is 0 Å². The predicted molar refractivity (Wildman–Crippen MR) is 87.1 cm³/mol. The minimum Gasteiger partial charge on any atom is -0.309 e. The van der Waals surface area contributed by atoms with Gasteiger partial charge in [-0.05, 0) is 76.5 Å². The number of halogens is 1. The van der Waals surface area contributed by atoms with Gasteiger partial charge in [0.1, 0.15) is 5.82 Å². The van der Waals surface area contributed by atoms with Crippen LogP contribution in [0.5, 0.6) is 0 Å². The average Bonchev–Trinajstić information content (AvgIpc) is 2.44. The first-order valence-corrected chi connectivity index (χ1v) is 8.20. The molecule has 1 atom stereocenters. The normalized spacial score (nSPS) is 18.7. The van der Waals surface area contributed by atoms with Crippen LogP contribution in [-0.2, 0) is 0 Å². The summed E-state index contributed by atoms with van der Waals surface area (Å²) in [5.74, 6) is -0.137. The van der Waals surface area contributed by atoms with E-state index in [4.69, 9.17) is 0 Å². The van der Waals surface area contributed by atoms with E-state index in [1.807, 2.05) is 6.92 Å². The summed E-state index contributed by atoms with van der Waals surface area (Å²) >= 11 is 0. The van der Waals surface area contributed by atoms with Crippen LogP contribution in [0.1, 0.15) is 57.2 Å². The topological polar surface area (TPSA) is 15.3 Å². The molecule has 1 aromatic carbocycles. The maximum atomic E-state index is 13.8. The van der Waals surface area contributed by atoms with Crippen molar-refractivity contribution in [3.63, 3.8) is 0 Å². The van der Waals surface area contributed by atoms with Gasteiger partial charge in [0, 0.05) is 5.54 Å². The van der Waals surface area contributed by atoms with Crippen molar-refractivity contribution in [2.75, 3.05) is 19.6 Å². The third-order valence-corrected chi connectivity index (χ3v) is 4.68. The Labute approximate surface area is 128 Å². The van der Waals surface area contributed by atoms with Gasteiger partial charge in [0.05, 0.1) is 6.04 Å². The Morgan fingerprint density at radius 3 is 2.43 bits per heavy atom. The van der Waals surface area contributed by atoms with Crippen molar-refractivity contribution in [2.24, 2.45) is 0 Å². The summed E-state index contributed by atoms with van der Waals surface area (Å²) in [7, 11) is 0. The molecule has 1 saturated heterocycles. The standard InChI is InChI=1S/C18H29FN2/c1-5-20-17(15-11-14(2)12-16(19)13-15)18(3,4)21-9-7-6-8-10-21/h11-13,17,20H,5-10H2,1-4H3. The molecule has 0 amide bonds. The number of hydrogen-bond donors (Lipinski definition) is 1. The van der Waals surface area contributed by atoms with Crippen LogP contribution < -0.4 is 5.32 Å². The van der Waals surface area contributed by atoms with Gasteiger partial charge in [0.25, 0.3) is 0 Å². The van der Waals surface area contributed by atoms with Crippen molar-refractivity contribution in [2.45, 2.75) is 58.5 Å². The summed E-state index contributed by atoms with van der Waals surface area (Å²) in [6.45, 7) is 11.8. The molecule has 1 N–H and O–H groups in total. The zero-order valence-electron chi connectivity index (χ0n) is 13.9. The van der Waals surface area contributed by atoms with Crippen molar-refractivity contribution in [3.8, 4) is 0 Å². The molecule has 118 valence electrons. The molecule has 1 aliphatic heterocycles. The molecular formula is C18H29FN2. The summed E-state index contributed by atoms with van der Waals surface area (Å²) in [4.78, 5) is 2.56. The Kier molecular flexibility index (Phi) is 5.39. The molecule has 2 nitrogen and oxygen atoms in total. The van der Waals surface area contributed by atoms with E-state index in [1.54, 1.807) is 12.1 Å². The first-order chi connectivity index (χ1) is 9.95. The smallest absolute Gasteiger partial charge is 0.123 e. The molecule has 0 spiro atoms. The number of nitrogens with zero attached hydrogens (tertiary/aromatic N) is 1. The largest absolute Gasteiger partial charge is 0.309 e. The molecule has 0 aliphatic carbocycles. The third kappa shape index (κ3) is 3.83. The number of likely N-dealkylation sites (N-methyl/N-ethyl adjacent to an activating group) is 1. The third-order valence-electron chi connectivity index (χ3n) is 4.68. The number of benzene rings is 1. The van der Waals surface area contributed by atoms with E-state index < -0.39 is 0 Å². The highest BCUT2D eigenvalue weighted by molar-refractivity contribution is 5.28. The Morgan fingerprint density at radius 1 is 1.19 bits per heavy atom. The van der Waals surface area contributed by atoms with Crippen LogP contribution in [-0.4, -0.2) is 30.1 Å². The number of hydrogen-bond acceptors (Lipinski definition) is 2. The van der Waals surface area contributed by atoms with Crippen LogP contribution in [0.15, 0.2) is 18.2 Å². The maximum absolute atomic E-state index is 13.8. The molecular weight excluding hydrogens is 263 g/mol.